The Morgan fingerprint density at radius 3 is 2.58 bits per heavy atom. The lowest BCUT2D eigenvalue weighted by molar-refractivity contribution is -0.212. The summed E-state index contributed by atoms with van der Waals surface area (Å²) in [5.41, 5.74) is -0.331. The van der Waals surface area contributed by atoms with Gasteiger partial charge < -0.3 is 15.3 Å². The first-order valence-electron chi connectivity index (χ1n) is 9.45. The Balaban J connectivity index is 1.82. The highest BCUT2D eigenvalue weighted by Crippen LogP contribution is 2.72. The van der Waals surface area contributed by atoms with E-state index < -0.39 is 23.6 Å². The quantitative estimate of drug-likeness (QED) is 0.644. The molecule has 8 atom stereocenters. The third kappa shape index (κ3) is 1.74. The van der Waals surface area contributed by atoms with Gasteiger partial charge in [-0.15, -0.1) is 0 Å². The molecule has 0 aliphatic heterocycles. The minimum Gasteiger partial charge on any atom is -0.481 e. The van der Waals surface area contributed by atoms with E-state index in [0.717, 1.165) is 44.1 Å². The van der Waals surface area contributed by atoms with Gasteiger partial charge in [-0.3, -0.25) is 4.79 Å². The number of aliphatic hydroxyl groups is 2. The number of fused-ring (bicyclic) bond motifs is 3. The Kier molecular flexibility index (Phi) is 3.35. The van der Waals surface area contributed by atoms with Crippen LogP contribution in [0.2, 0.25) is 0 Å². The van der Waals surface area contributed by atoms with Gasteiger partial charge in [-0.25, -0.2) is 0 Å². The number of carbonyl (C=O) groups is 1. The molecule has 134 valence electrons. The van der Waals surface area contributed by atoms with Gasteiger partial charge in [-0.1, -0.05) is 19.9 Å². The van der Waals surface area contributed by atoms with Crippen molar-refractivity contribution >= 4 is 5.97 Å². The Bertz CT molecular complexity index is 600. The predicted molar refractivity (Wildman–Crippen MR) is 90.2 cm³/mol. The molecular weight excluding hydrogens is 304 g/mol. The average molecular weight is 334 g/mol. The van der Waals surface area contributed by atoms with Crippen molar-refractivity contribution < 1.29 is 20.1 Å². The maximum absolute atomic E-state index is 12.1. The monoisotopic (exact) mass is 334 g/mol. The highest BCUT2D eigenvalue weighted by molar-refractivity contribution is 5.75. The second kappa shape index (κ2) is 4.85. The average Bonchev–Trinajstić information content (AvgIpc) is 2.68. The Morgan fingerprint density at radius 2 is 1.92 bits per heavy atom. The van der Waals surface area contributed by atoms with Crippen molar-refractivity contribution in [1.82, 2.24) is 0 Å². The second-order valence-corrected chi connectivity index (χ2v) is 9.57. The third-order valence-electron chi connectivity index (χ3n) is 8.65. The zero-order valence-corrected chi connectivity index (χ0v) is 14.8. The standard InChI is InChI=1S/C20H30O4/c1-11-12-9-13(21)15-18(2)6-4-7-19(3,17(23)24)14(18)5-8-20(15,10-12)16(11)22/h12-16,21-22H,1,4-10H2,2-3H3,(H,23,24)/t12-,13-,14+,15+,16-,18-,19-,20-/m1/s1. The zero-order valence-electron chi connectivity index (χ0n) is 14.8. The topological polar surface area (TPSA) is 77.8 Å². The number of carboxylic acids is 1. The van der Waals surface area contributed by atoms with E-state index in [1.807, 2.05) is 6.92 Å². The first kappa shape index (κ1) is 16.6. The maximum atomic E-state index is 12.1. The molecule has 0 aromatic carbocycles. The van der Waals surface area contributed by atoms with Gasteiger partial charge in [0.05, 0.1) is 17.6 Å². The van der Waals surface area contributed by atoms with Crippen molar-refractivity contribution in [3.63, 3.8) is 0 Å². The molecular formula is C20H30O4. The number of carboxylic acid groups (broad SMARTS) is 1. The lowest BCUT2D eigenvalue weighted by Crippen LogP contribution is -2.63. The summed E-state index contributed by atoms with van der Waals surface area (Å²) in [6.45, 7) is 8.22. The molecule has 0 aromatic heterocycles. The van der Waals surface area contributed by atoms with E-state index in [9.17, 15) is 20.1 Å². The number of aliphatic carboxylic acids is 1. The second-order valence-electron chi connectivity index (χ2n) is 9.57. The van der Waals surface area contributed by atoms with E-state index in [0.29, 0.717) is 6.42 Å². The molecule has 0 saturated heterocycles. The van der Waals surface area contributed by atoms with Gasteiger partial charge in [-0.2, -0.15) is 0 Å². The molecule has 24 heavy (non-hydrogen) atoms. The van der Waals surface area contributed by atoms with Crippen molar-refractivity contribution in [3.8, 4) is 0 Å². The number of hydrogen-bond acceptors (Lipinski definition) is 3. The van der Waals surface area contributed by atoms with Crippen LogP contribution in [0.4, 0.5) is 0 Å². The zero-order chi connectivity index (χ0) is 17.5. The maximum Gasteiger partial charge on any atom is 0.309 e. The lowest BCUT2D eigenvalue weighted by atomic mass is 9.40. The molecule has 4 saturated carbocycles. The fourth-order valence-corrected chi connectivity index (χ4v) is 7.73. The van der Waals surface area contributed by atoms with Gasteiger partial charge in [0.15, 0.2) is 0 Å². The minimum absolute atomic E-state index is 0.0202. The van der Waals surface area contributed by atoms with Crippen LogP contribution in [-0.4, -0.2) is 33.5 Å². The van der Waals surface area contributed by atoms with Gasteiger partial charge in [0, 0.05) is 5.41 Å². The first-order valence-corrected chi connectivity index (χ1v) is 9.45. The van der Waals surface area contributed by atoms with Crippen LogP contribution in [0.15, 0.2) is 12.2 Å². The van der Waals surface area contributed by atoms with Crippen LogP contribution in [0.25, 0.3) is 0 Å². The van der Waals surface area contributed by atoms with Crippen LogP contribution in [0.3, 0.4) is 0 Å². The molecule has 4 nitrogen and oxygen atoms in total. The number of hydrogen-bond donors (Lipinski definition) is 3. The lowest BCUT2D eigenvalue weighted by Gasteiger charge is -2.64. The Morgan fingerprint density at radius 1 is 1.21 bits per heavy atom. The fourth-order valence-electron chi connectivity index (χ4n) is 7.73. The summed E-state index contributed by atoms with van der Waals surface area (Å²) in [5, 5.41) is 31.9. The van der Waals surface area contributed by atoms with Gasteiger partial charge in [0.2, 0.25) is 0 Å². The van der Waals surface area contributed by atoms with Gasteiger partial charge in [0.25, 0.3) is 0 Å². The van der Waals surface area contributed by atoms with Crippen LogP contribution in [0.5, 0.6) is 0 Å². The van der Waals surface area contributed by atoms with Crippen molar-refractivity contribution in [3.05, 3.63) is 12.2 Å². The summed E-state index contributed by atoms with van der Waals surface area (Å²) in [7, 11) is 0. The summed E-state index contributed by atoms with van der Waals surface area (Å²) < 4.78 is 0. The molecule has 0 aromatic rings. The molecule has 0 unspecified atom stereocenters. The molecule has 4 aliphatic rings. The third-order valence-corrected chi connectivity index (χ3v) is 8.65. The van der Waals surface area contributed by atoms with Crippen molar-refractivity contribution in [2.24, 2.45) is 34.0 Å². The normalized spacial score (nSPS) is 56.5. The van der Waals surface area contributed by atoms with Crippen LogP contribution in [-0.2, 0) is 4.79 Å². The molecule has 4 fully saturated rings. The van der Waals surface area contributed by atoms with Crippen molar-refractivity contribution in [1.29, 1.82) is 0 Å². The molecule has 0 heterocycles. The van der Waals surface area contributed by atoms with Crippen molar-refractivity contribution in [2.75, 3.05) is 0 Å². The van der Waals surface area contributed by atoms with Gasteiger partial charge >= 0.3 is 5.97 Å². The predicted octanol–water partition coefficient (Wildman–Crippen LogP) is 2.98. The minimum atomic E-state index is -0.717. The van der Waals surface area contributed by atoms with Crippen LogP contribution in [0, 0.1) is 34.0 Å². The van der Waals surface area contributed by atoms with Gasteiger partial charge in [0.1, 0.15) is 0 Å². The largest absolute Gasteiger partial charge is 0.481 e. The summed E-state index contributed by atoms with van der Waals surface area (Å²) in [6.07, 6.45) is 4.80. The molecule has 4 aliphatic carbocycles. The number of rotatable bonds is 1. The fraction of sp³-hybridized carbons (Fsp3) is 0.850. The molecule has 3 N–H and O–H groups in total. The molecule has 4 heteroatoms. The first-order chi connectivity index (χ1) is 11.2. The number of aliphatic hydroxyl groups excluding tert-OH is 2. The molecule has 1 spiro atoms. The van der Waals surface area contributed by atoms with Gasteiger partial charge in [-0.05, 0) is 74.2 Å². The van der Waals surface area contributed by atoms with E-state index in [4.69, 9.17) is 0 Å². The van der Waals surface area contributed by atoms with E-state index in [1.54, 1.807) is 0 Å². The van der Waals surface area contributed by atoms with E-state index >= 15 is 0 Å². The van der Waals surface area contributed by atoms with Crippen LogP contribution < -0.4 is 0 Å². The summed E-state index contributed by atoms with van der Waals surface area (Å²) in [6, 6.07) is 0. The molecule has 2 bridgehead atoms. The SMILES string of the molecule is C=C1[C@@H]2C[C@@H](O)[C@H]3[C@]4(C)CCC[C@@](C)(C(=O)O)[C@H]4CC[C@]3(C2)[C@@H]1O. The summed E-state index contributed by atoms with van der Waals surface area (Å²) in [5.74, 6) is -0.429. The molecule has 0 radical (unpaired) electrons. The Hall–Kier alpha value is -0.870. The van der Waals surface area contributed by atoms with Crippen molar-refractivity contribution in [2.45, 2.75) is 71.0 Å². The van der Waals surface area contributed by atoms with Crippen LogP contribution >= 0.6 is 0 Å². The summed E-state index contributed by atoms with van der Waals surface area (Å²) in [4.78, 5) is 12.1. The van der Waals surface area contributed by atoms with E-state index in [-0.39, 0.29) is 28.6 Å². The Labute approximate surface area is 144 Å². The highest BCUT2D eigenvalue weighted by Gasteiger charge is 2.69. The van der Waals surface area contributed by atoms with E-state index in [2.05, 4.69) is 13.5 Å². The van der Waals surface area contributed by atoms with Crippen LogP contribution in [0.1, 0.15) is 58.8 Å². The summed E-state index contributed by atoms with van der Waals surface area (Å²) >= 11 is 0. The molecule has 4 rings (SSSR count). The highest BCUT2D eigenvalue weighted by atomic mass is 16.4. The molecule has 0 amide bonds. The van der Waals surface area contributed by atoms with E-state index in [1.165, 1.54) is 0 Å². The smallest absolute Gasteiger partial charge is 0.309 e.